The van der Waals surface area contributed by atoms with Crippen molar-refractivity contribution in [3.05, 3.63) is 12.2 Å². The first-order valence-electron chi connectivity index (χ1n) is 10.00. The number of hydrogen-bond acceptors (Lipinski definition) is 4. The van der Waals surface area contributed by atoms with Crippen LogP contribution in [0, 0.1) is 17.8 Å². The summed E-state index contributed by atoms with van der Waals surface area (Å²) in [5.74, 6) is 0.243. The number of aliphatic carboxylic acids is 1. The van der Waals surface area contributed by atoms with Gasteiger partial charge in [-0.2, -0.15) is 0 Å². The average Bonchev–Trinajstić information content (AvgIpc) is 2.59. The molecule has 0 bridgehead atoms. The van der Waals surface area contributed by atoms with Crippen LogP contribution in [0.4, 0.5) is 0 Å². The van der Waals surface area contributed by atoms with Crippen molar-refractivity contribution in [2.75, 3.05) is 0 Å². The van der Waals surface area contributed by atoms with Crippen molar-refractivity contribution >= 4 is 11.8 Å². The number of carbonyl (C=O) groups is 2. The SMILES string of the molecule is CCC(/C=C/C(C)=O)CC(C)C[C@]1(CC)C[C@H](CC)[C@H](CC(=O)O)OO1. The van der Waals surface area contributed by atoms with Gasteiger partial charge in [0.05, 0.1) is 6.42 Å². The normalized spacial score (nSPS) is 28.8. The van der Waals surface area contributed by atoms with E-state index in [2.05, 4.69) is 27.7 Å². The second-order valence-electron chi connectivity index (χ2n) is 7.91. The molecule has 0 aromatic rings. The molecule has 1 saturated heterocycles. The lowest BCUT2D eigenvalue weighted by molar-refractivity contribution is -0.424. The minimum absolute atomic E-state index is 0.0123. The molecule has 5 nitrogen and oxygen atoms in total. The third-order valence-corrected chi connectivity index (χ3v) is 5.61. The quantitative estimate of drug-likeness (QED) is 0.413. The van der Waals surface area contributed by atoms with Gasteiger partial charge in [0.15, 0.2) is 5.78 Å². The highest BCUT2D eigenvalue weighted by Crippen LogP contribution is 2.41. The second kappa shape index (κ2) is 10.8. The molecule has 0 aromatic carbocycles. The predicted octanol–water partition coefficient (Wildman–Crippen LogP) is 4.94. The van der Waals surface area contributed by atoms with Crippen molar-refractivity contribution in [3.63, 3.8) is 0 Å². The Morgan fingerprint density at radius 1 is 1.31 bits per heavy atom. The summed E-state index contributed by atoms with van der Waals surface area (Å²) in [5, 5.41) is 9.06. The fourth-order valence-electron chi connectivity index (χ4n) is 4.02. The van der Waals surface area contributed by atoms with E-state index in [-0.39, 0.29) is 29.8 Å². The minimum atomic E-state index is -0.850. The van der Waals surface area contributed by atoms with Crippen LogP contribution in [0.3, 0.4) is 0 Å². The van der Waals surface area contributed by atoms with Gasteiger partial charge in [-0.15, -0.1) is 0 Å². The van der Waals surface area contributed by atoms with E-state index in [4.69, 9.17) is 14.9 Å². The van der Waals surface area contributed by atoms with Gasteiger partial charge in [-0.1, -0.05) is 40.2 Å². The molecule has 1 aliphatic heterocycles. The molecule has 0 aromatic heterocycles. The molecular formula is C21H36O5. The number of hydrogen-bond donors (Lipinski definition) is 1. The van der Waals surface area contributed by atoms with Crippen molar-refractivity contribution in [3.8, 4) is 0 Å². The van der Waals surface area contributed by atoms with Crippen molar-refractivity contribution < 1.29 is 24.5 Å². The van der Waals surface area contributed by atoms with Crippen LogP contribution in [0.15, 0.2) is 12.2 Å². The topological polar surface area (TPSA) is 72.8 Å². The summed E-state index contributed by atoms with van der Waals surface area (Å²) in [5.41, 5.74) is -0.350. The van der Waals surface area contributed by atoms with E-state index in [1.165, 1.54) is 0 Å². The Balaban J connectivity index is 2.72. The summed E-state index contributed by atoms with van der Waals surface area (Å²) < 4.78 is 0. The van der Waals surface area contributed by atoms with Crippen molar-refractivity contribution in [1.82, 2.24) is 0 Å². The smallest absolute Gasteiger partial charge is 0.306 e. The maximum atomic E-state index is 11.2. The van der Waals surface area contributed by atoms with E-state index < -0.39 is 5.97 Å². The highest BCUT2D eigenvalue weighted by atomic mass is 17.2. The molecule has 0 radical (unpaired) electrons. The largest absolute Gasteiger partial charge is 0.481 e. The molecule has 0 amide bonds. The van der Waals surface area contributed by atoms with Crippen LogP contribution in [0.25, 0.3) is 0 Å². The van der Waals surface area contributed by atoms with Crippen LogP contribution in [0.1, 0.15) is 79.6 Å². The fourth-order valence-corrected chi connectivity index (χ4v) is 4.02. The van der Waals surface area contributed by atoms with Gasteiger partial charge in [-0.05, 0) is 62.9 Å². The molecule has 1 N–H and O–H groups in total. The maximum Gasteiger partial charge on any atom is 0.306 e. The standard InChI is InChI=1S/C21H36O5/c1-6-17(10-9-16(5)22)11-15(4)13-21(8-3)14-18(7-2)19(25-26-21)12-20(23)24/h9-10,15,17-19H,6-8,11-14H2,1-5H3,(H,23,24)/b10-9+/t15?,17?,18-,19-,21+/m0/s1. The summed E-state index contributed by atoms with van der Waals surface area (Å²) in [6.07, 6.45) is 8.75. The first-order valence-corrected chi connectivity index (χ1v) is 10.00. The molecule has 1 fully saturated rings. The molecule has 2 unspecified atom stereocenters. The number of rotatable bonds is 11. The Labute approximate surface area is 158 Å². The Morgan fingerprint density at radius 3 is 2.50 bits per heavy atom. The Morgan fingerprint density at radius 2 is 2.00 bits per heavy atom. The third-order valence-electron chi connectivity index (χ3n) is 5.61. The van der Waals surface area contributed by atoms with E-state index in [1.54, 1.807) is 13.0 Å². The lowest BCUT2D eigenvalue weighted by Crippen LogP contribution is -2.46. The van der Waals surface area contributed by atoms with Crippen LogP contribution in [0.2, 0.25) is 0 Å². The van der Waals surface area contributed by atoms with Crippen molar-refractivity contribution in [2.45, 2.75) is 91.3 Å². The van der Waals surface area contributed by atoms with Crippen molar-refractivity contribution in [1.29, 1.82) is 0 Å². The summed E-state index contributed by atoms with van der Waals surface area (Å²) in [6, 6.07) is 0. The maximum absolute atomic E-state index is 11.2. The Hall–Kier alpha value is -1.20. The number of allylic oxidation sites excluding steroid dienone is 2. The van der Waals surface area contributed by atoms with E-state index in [0.29, 0.717) is 11.8 Å². The molecule has 0 spiro atoms. The van der Waals surface area contributed by atoms with Crippen LogP contribution in [-0.2, 0) is 19.4 Å². The monoisotopic (exact) mass is 368 g/mol. The highest BCUT2D eigenvalue weighted by Gasteiger charge is 2.43. The first-order chi connectivity index (χ1) is 12.2. The lowest BCUT2D eigenvalue weighted by atomic mass is 9.76. The molecule has 1 rings (SSSR count). The van der Waals surface area contributed by atoms with Gasteiger partial charge in [0.2, 0.25) is 0 Å². The third kappa shape index (κ3) is 7.20. The molecule has 5 atom stereocenters. The Kier molecular flexibility index (Phi) is 9.51. The van der Waals surface area contributed by atoms with Gasteiger partial charge in [0.1, 0.15) is 11.7 Å². The molecule has 26 heavy (non-hydrogen) atoms. The number of carboxylic acids is 1. The Bertz CT molecular complexity index is 487. The van der Waals surface area contributed by atoms with Crippen LogP contribution < -0.4 is 0 Å². The van der Waals surface area contributed by atoms with Crippen LogP contribution >= 0.6 is 0 Å². The first kappa shape index (κ1) is 22.8. The van der Waals surface area contributed by atoms with Gasteiger partial charge in [-0.3, -0.25) is 9.59 Å². The average molecular weight is 369 g/mol. The van der Waals surface area contributed by atoms with Crippen molar-refractivity contribution in [2.24, 2.45) is 17.8 Å². The van der Waals surface area contributed by atoms with Gasteiger partial charge in [-0.25, -0.2) is 9.78 Å². The van der Waals surface area contributed by atoms with Gasteiger partial charge in [0, 0.05) is 0 Å². The summed E-state index contributed by atoms with van der Waals surface area (Å²) in [6.45, 7) is 10.1. The number of carbonyl (C=O) groups excluding carboxylic acids is 1. The van der Waals surface area contributed by atoms with Crippen LogP contribution in [0.5, 0.6) is 0 Å². The molecule has 5 heteroatoms. The molecule has 0 saturated carbocycles. The predicted molar refractivity (Wildman–Crippen MR) is 102 cm³/mol. The van der Waals surface area contributed by atoms with E-state index in [9.17, 15) is 9.59 Å². The van der Waals surface area contributed by atoms with Gasteiger partial charge >= 0.3 is 5.97 Å². The zero-order chi connectivity index (χ0) is 19.7. The van der Waals surface area contributed by atoms with Gasteiger partial charge in [0.25, 0.3) is 0 Å². The summed E-state index contributed by atoms with van der Waals surface area (Å²) in [4.78, 5) is 33.6. The number of carboxylic acid groups (broad SMARTS) is 1. The van der Waals surface area contributed by atoms with E-state index in [0.717, 1.165) is 38.5 Å². The molecular weight excluding hydrogens is 332 g/mol. The highest BCUT2D eigenvalue weighted by molar-refractivity contribution is 5.87. The molecule has 150 valence electrons. The second-order valence-corrected chi connectivity index (χ2v) is 7.91. The van der Waals surface area contributed by atoms with Gasteiger partial charge < -0.3 is 5.11 Å². The summed E-state index contributed by atoms with van der Waals surface area (Å²) >= 11 is 0. The minimum Gasteiger partial charge on any atom is -0.481 e. The number of ketones is 1. The zero-order valence-corrected chi connectivity index (χ0v) is 17.0. The lowest BCUT2D eigenvalue weighted by Gasteiger charge is -2.43. The zero-order valence-electron chi connectivity index (χ0n) is 17.0. The van der Waals surface area contributed by atoms with Crippen LogP contribution in [-0.4, -0.2) is 28.6 Å². The molecule has 1 heterocycles. The fraction of sp³-hybridized carbons (Fsp3) is 0.810. The van der Waals surface area contributed by atoms with E-state index in [1.807, 2.05) is 6.08 Å². The molecule has 0 aliphatic carbocycles. The summed E-state index contributed by atoms with van der Waals surface area (Å²) in [7, 11) is 0. The molecule has 1 aliphatic rings. The van der Waals surface area contributed by atoms with E-state index >= 15 is 0 Å².